The minimum absolute atomic E-state index is 0.0384. The summed E-state index contributed by atoms with van der Waals surface area (Å²) in [5.41, 5.74) is 2.19. The maximum absolute atomic E-state index is 12.2. The predicted octanol–water partition coefficient (Wildman–Crippen LogP) is 2.71. The zero-order valence-electron chi connectivity index (χ0n) is 13.0. The average molecular weight is 378 g/mol. The van der Waals surface area contributed by atoms with E-state index in [4.69, 9.17) is 4.74 Å². The molecular formula is C15H16BrN5O2. The smallest absolute Gasteiger partial charge is 0.248 e. The summed E-state index contributed by atoms with van der Waals surface area (Å²) in [7, 11) is 0. The molecule has 2 aromatic rings. The third-order valence-corrected chi connectivity index (χ3v) is 4.15. The highest BCUT2D eigenvalue weighted by atomic mass is 79.9. The molecule has 1 atom stereocenters. The van der Waals surface area contributed by atoms with Gasteiger partial charge in [0, 0.05) is 21.3 Å². The van der Waals surface area contributed by atoms with E-state index in [1.807, 2.05) is 32.0 Å². The van der Waals surface area contributed by atoms with Gasteiger partial charge in [0.2, 0.25) is 5.95 Å². The van der Waals surface area contributed by atoms with Crippen LogP contribution in [0.15, 0.2) is 33.9 Å². The van der Waals surface area contributed by atoms with E-state index in [1.165, 1.54) is 0 Å². The van der Waals surface area contributed by atoms with E-state index in [0.29, 0.717) is 23.9 Å². The van der Waals surface area contributed by atoms with Gasteiger partial charge in [-0.15, -0.1) is 0 Å². The van der Waals surface area contributed by atoms with Crippen LogP contribution in [0.3, 0.4) is 0 Å². The van der Waals surface area contributed by atoms with Gasteiger partial charge in [-0.05, 0) is 49.4 Å². The molecule has 0 fully saturated rings. The molecule has 0 saturated heterocycles. The Balaban J connectivity index is 2.24. The molecular weight excluding hydrogens is 362 g/mol. The van der Waals surface area contributed by atoms with Crippen LogP contribution in [0.2, 0.25) is 0 Å². The van der Waals surface area contributed by atoms with Crippen molar-refractivity contribution in [2.45, 2.75) is 26.8 Å². The van der Waals surface area contributed by atoms with Crippen molar-refractivity contribution in [2.75, 3.05) is 11.9 Å². The van der Waals surface area contributed by atoms with E-state index in [9.17, 15) is 4.79 Å². The highest BCUT2D eigenvalue weighted by Crippen LogP contribution is 2.39. The second-order valence-corrected chi connectivity index (χ2v) is 6.10. The lowest BCUT2D eigenvalue weighted by Gasteiger charge is -2.28. The molecule has 0 amide bonds. The molecule has 120 valence electrons. The van der Waals surface area contributed by atoms with Crippen molar-refractivity contribution in [2.24, 2.45) is 0 Å². The van der Waals surface area contributed by atoms with E-state index in [0.717, 1.165) is 15.7 Å². The largest absolute Gasteiger partial charge is 0.494 e. The summed E-state index contributed by atoms with van der Waals surface area (Å²) in [5, 5.41) is 14.8. The third kappa shape index (κ3) is 2.74. The SMILES string of the molecule is CCOc1ccc(Br)cc1[C@@H]1C(C(C)=O)=C(C)Nc2nnnn21. The number of benzene rings is 1. The first kappa shape index (κ1) is 15.7. The molecule has 0 bridgehead atoms. The van der Waals surface area contributed by atoms with Crippen molar-refractivity contribution in [3.8, 4) is 5.75 Å². The molecule has 1 N–H and O–H groups in total. The number of halogens is 1. The highest BCUT2D eigenvalue weighted by molar-refractivity contribution is 9.10. The van der Waals surface area contributed by atoms with Gasteiger partial charge in [-0.25, -0.2) is 0 Å². The van der Waals surface area contributed by atoms with Gasteiger partial charge in [0.25, 0.3) is 0 Å². The molecule has 0 saturated carbocycles. The van der Waals surface area contributed by atoms with Crippen LogP contribution in [0.4, 0.5) is 5.95 Å². The van der Waals surface area contributed by atoms with Crippen LogP contribution in [0.25, 0.3) is 0 Å². The first-order chi connectivity index (χ1) is 11.0. The summed E-state index contributed by atoms with van der Waals surface area (Å²) in [5.74, 6) is 1.17. The fourth-order valence-corrected chi connectivity index (χ4v) is 3.15. The Morgan fingerprint density at radius 3 is 2.96 bits per heavy atom. The number of anilines is 1. The van der Waals surface area contributed by atoms with Gasteiger partial charge in [-0.3, -0.25) is 4.79 Å². The Morgan fingerprint density at radius 2 is 2.26 bits per heavy atom. The number of aromatic nitrogens is 4. The maximum atomic E-state index is 12.2. The number of fused-ring (bicyclic) bond motifs is 1. The van der Waals surface area contributed by atoms with Crippen molar-refractivity contribution < 1.29 is 9.53 Å². The molecule has 8 heteroatoms. The molecule has 23 heavy (non-hydrogen) atoms. The number of carbonyl (C=O) groups is 1. The van der Waals surface area contributed by atoms with Crippen molar-refractivity contribution in [1.29, 1.82) is 0 Å². The molecule has 7 nitrogen and oxygen atoms in total. The molecule has 0 spiro atoms. The number of tetrazole rings is 1. The Labute approximate surface area is 141 Å². The number of hydrogen-bond donors (Lipinski definition) is 1. The number of allylic oxidation sites excluding steroid dienone is 2. The van der Waals surface area contributed by atoms with Crippen LogP contribution in [-0.2, 0) is 4.79 Å². The Morgan fingerprint density at radius 1 is 1.48 bits per heavy atom. The van der Waals surface area contributed by atoms with Gasteiger partial charge in [-0.1, -0.05) is 21.0 Å². The van der Waals surface area contributed by atoms with E-state index < -0.39 is 6.04 Å². The molecule has 1 aromatic heterocycles. The lowest BCUT2D eigenvalue weighted by Crippen LogP contribution is -2.28. The van der Waals surface area contributed by atoms with Gasteiger partial charge < -0.3 is 10.1 Å². The Bertz CT molecular complexity index is 799. The molecule has 0 aliphatic carbocycles. The summed E-state index contributed by atoms with van der Waals surface area (Å²) >= 11 is 3.48. The number of hydrogen-bond acceptors (Lipinski definition) is 6. The number of rotatable bonds is 4. The third-order valence-electron chi connectivity index (χ3n) is 3.66. The summed E-state index contributed by atoms with van der Waals surface area (Å²) in [6, 6.07) is 5.28. The average Bonchev–Trinajstić information content (AvgIpc) is 2.95. The second-order valence-electron chi connectivity index (χ2n) is 5.18. The van der Waals surface area contributed by atoms with Crippen molar-refractivity contribution in [3.05, 3.63) is 39.5 Å². The molecule has 0 unspecified atom stereocenters. The normalized spacial score (nSPS) is 16.8. The summed E-state index contributed by atoms with van der Waals surface area (Å²) in [4.78, 5) is 12.2. The van der Waals surface area contributed by atoms with Crippen LogP contribution in [0.1, 0.15) is 32.4 Å². The van der Waals surface area contributed by atoms with Crippen LogP contribution in [0, 0.1) is 0 Å². The molecule has 3 rings (SSSR count). The van der Waals surface area contributed by atoms with Gasteiger partial charge in [0.15, 0.2) is 5.78 Å². The number of nitrogens with zero attached hydrogens (tertiary/aromatic N) is 4. The van der Waals surface area contributed by atoms with Crippen molar-refractivity contribution >= 4 is 27.7 Å². The summed E-state index contributed by atoms with van der Waals surface area (Å²) in [6.07, 6.45) is 0. The van der Waals surface area contributed by atoms with Crippen LogP contribution < -0.4 is 10.1 Å². The lowest BCUT2D eigenvalue weighted by molar-refractivity contribution is -0.114. The Hall–Kier alpha value is -2.22. The standard InChI is InChI=1S/C15H16BrN5O2/c1-4-23-12-6-5-10(16)7-11(12)14-13(9(3)22)8(2)17-15-18-19-20-21(14)15/h5-7,14H,4H2,1-3H3,(H,17,18,20)/t14-/m1/s1. The molecule has 2 heterocycles. The maximum Gasteiger partial charge on any atom is 0.248 e. The van der Waals surface area contributed by atoms with Gasteiger partial charge in [-0.2, -0.15) is 4.68 Å². The van der Waals surface area contributed by atoms with Gasteiger partial charge >= 0.3 is 0 Å². The fourth-order valence-electron chi connectivity index (χ4n) is 2.78. The fraction of sp³-hybridized carbons (Fsp3) is 0.333. The van der Waals surface area contributed by atoms with Gasteiger partial charge in [0.1, 0.15) is 11.8 Å². The zero-order valence-corrected chi connectivity index (χ0v) is 14.6. The zero-order chi connectivity index (χ0) is 16.6. The first-order valence-corrected chi connectivity index (χ1v) is 8.01. The number of ketones is 1. The number of nitrogens with one attached hydrogen (secondary N) is 1. The monoisotopic (exact) mass is 377 g/mol. The number of carbonyl (C=O) groups excluding carboxylic acids is 1. The van der Waals surface area contributed by atoms with E-state index in [2.05, 4.69) is 36.8 Å². The minimum Gasteiger partial charge on any atom is -0.494 e. The predicted molar refractivity (Wildman–Crippen MR) is 88.3 cm³/mol. The summed E-state index contributed by atoms with van der Waals surface area (Å²) in [6.45, 7) is 5.84. The number of ether oxygens (including phenoxy) is 1. The van der Waals surface area contributed by atoms with Crippen molar-refractivity contribution in [3.63, 3.8) is 0 Å². The van der Waals surface area contributed by atoms with Gasteiger partial charge in [0.05, 0.1) is 6.61 Å². The molecule has 1 aliphatic rings. The summed E-state index contributed by atoms with van der Waals surface area (Å²) < 4.78 is 8.24. The second kappa shape index (κ2) is 6.11. The Kier molecular flexibility index (Phi) is 4.16. The quantitative estimate of drug-likeness (QED) is 0.881. The molecule has 0 radical (unpaired) electrons. The van der Waals surface area contributed by atoms with Crippen molar-refractivity contribution in [1.82, 2.24) is 20.2 Å². The van der Waals surface area contributed by atoms with Crippen LogP contribution in [0.5, 0.6) is 5.75 Å². The highest BCUT2D eigenvalue weighted by Gasteiger charge is 2.34. The van der Waals surface area contributed by atoms with Crippen LogP contribution in [-0.4, -0.2) is 32.6 Å². The molecule has 1 aromatic carbocycles. The van der Waals surface area contributed by atoms with E-state index in [1.54, 1.807) is 11.6 Å². The van der Waals surface area contributed by atoms with E-state index in [-0.39, 0.29) is 5.78 Å². The first-order valence-electron chi connectivity index (χ1n) is 7.21. The minimum atomic E-state index is -0.433. The molecule has 1 aliphatic heterocycles. The topological polar surface area (TPSA) is 81.9 Å². The van der Waals surface area contributed by atoms with E-state index >= 15 is 0 Å². The lowest BCUT2D eigenvalue weighted by atomic mass is 9.92. The van der Waals surface area contributed by atoms with Crippen LogP contribution >= 0.6 is 15.9 Å². The number of Topliss-reactive ketones (excluding diaryl/α,β-unsaturated/α-hetero) is 1.